The monoisotopic (exact) mass is 404 g/mol. The van der Waals surface area contributed by atoms with Crippen molar-refractivity contribution in [1.29, 1.82) is 0 Å². The van der Waals surface area contributed by atoms with Crippen LogP contribution in [0.15, 0.2) is 40.3 Å². The standard InChI is InChI=1S/C19H21ClN4O2S/c1-11(2)9-24-18(26)17-15(7-12(3)21-17)23-19(24)27-10-16(25)22-14-6-4-5-13(20)8-14/h4-8,11,21H,9-10H2,1-3H3,(H,22,25). The van der Waals surface area contributed by atoms with Gasteiger partial charge in [-0.1, -0.05) is 43.3 Å². The number of hydrogen-bond acceptors (Lipinski definition) is 4. The molecule has 0 spiro atoms. The first-order chi connectivity index (χ1) is 12.8. The first kappa shape index (κ1) is 19.5. The molecule has 0 unspecified atom stereocenters. The summed E-state index contributed by atoms with van der Waals surface area (Å²) in [6, 6.07) is 8.82. The summed E-state index contributed by atoms with van der Waals surface area (Å²) < 4.78 is 1.64. The largest absolute Gasteiger partial charge is 0.353 e. The van der Waals surface area contributed by atoms with Crippen LogP contribution in [0.25, 0.3) is 11.0 Å². The molecule has 3 aromatic rings. The molecular formula is C19H21ClN4O2S. The number of rotatable bonds is 6. The SMILES string of the molecule is Cc1cc2nc(SCC(=O)Nc3cccc(Cl)c3)n(CC(C)C)c(=O)c2[nH]1. The highest BCUT2D eigenvalue weighted by atomic mass is 35.5. The van der Waals surface area contributed by atoms with E-state index in [1.165, 1.54) is 11.8 Å². The summed E-state index contributed by atoms with van der Waals surface area (Å²) in [5, 5.41) is 3.90. The maximum absolute atomic E-state index is 12.8. The second-order valence-electron chi connectivity index (χ2n) is 6.76. The number of thioether (sulfide) groups is 1. The van der Waals surface area contributed by atoms with E-state index in [4.69, 9.17) is 11.6 Å². The van der Waals surface area contributed by atoms with Gasteiger partial charge < -0.3 is 10.3 Å². The number of aryl methyl sites for hydroxylation is 1. The Bertz CT molecular complexity index is 1040. The van der Waals surface area contributed by atoms with Crippen LogP contribution in [-0.2, 0) is 11.3 Å². The van der Waals surface area contributed by atoms with Crippen molar-refractivity contribution in [2.75, 3.05) is 11.1 Å². The highest BCUT2D eigenvalue weighted by molar-refractivity contribution is 7.99. The third-order valence-corrected chi connectivity index (χ3v) is 5.04. The van der Waals surface area contributed by atoms with Crippen LogP contribution in [0.2, 0.25) is 5.02 Å². The number of nitrogens with one attached hydrogen (secondary N) is 2. The Morgan fingerprint density at radius 3 is 2.85 bits per heavy atom. The van der Waals surface area contributed by atoms with Gasteiger partial charge in [0, 0.05) is 22.9 Å². The summed E-state index contributed by atoms with van der Waals surface area (Å²) in [6.07, 6.45) is 0. The third kappa shape index (κ3) is 4.73. The predicted molar refractivity (Wildman–Crippen MR) is 111 cm³/mol. The molecule has 142 valence electrons. The summed E-state index contributed by atoms with van der Waals surface area (Å²) >= 11 is 7.19. The molecular weight excluding hydrogens is 384 g/mol. The molecule has 3 rings (SSSR count). The number of anilines is 1. The maximum atomic E-state index is 12.8. The minimum atomic E-state index is -0.182. The minimum absolute atomic E-state index is 0.112. The van der Waals surface area contributed by atoms with Crippen LogP contribution < -0.4 is 10.9 Å². The van der Waals surface area contributed by atoms with E-state index in [1.807, 2.05) is 26.8 Å². The zero-order valence-corrected chi connectivity index (χ0v) is 16.9. The number of amides is 1. The van der Waals surface area contributed by atoms with Gasteiger partial charge in [-0.15, -0.1) is 0 Å². The Hall–Kier alpha value is -2.25. The van der Waals surface area contributed by atoms with E-state index < -0.39 is 0 Å². The van der Waals surface area contributed by atoms with Crippen molar-refractivity contribution in [3.8, 4) is 0 Å². The molecule has 2 heterocycles. The zero-order chi connectivity index (χ0) is 19.6. The fraction of sp³-hybridized carbons (Fsp3) is 0.316. The molecule has 0 aliphatic heterocycles. The Labute approximate surface area is 166 Å². The number of hydrogen-bond donors (Lipinski definition) is 2. The number of aromatic amines is 1. The Morgan fingerprint density at radius 2 is 2.15 bits per heavy atom. The number of halogens is 1. The smallest absolute Gasteiger partial charge is 0.278 e. The van der Waals surface area contributed by atoms with Gasteiger partial charge in [0.15, 0.2) is 5.16 Å². The minimum Gasteiger partial charge on any atom is -0.353 e. The molecule has 1 aromatic carbocycles. The van der Waals surface area contributed by atoms with Crippen LogP contribution >= 0.6 is 23.4 Å². The van der Waals surface area contributed by atoms with Gasteiger partial charge >= 0.3 is 0 Å². The van der Waals surface area contributed by atoms with Crippen LogP contribution in [0.5, 0.6) is 0 Å². The molecule has 0 radical (unpaired) electrons. The van der Waals surface area contributed by atoms with Gasteiger partial charge in [0.25, 0.3) is 5.56 Å². The van der Waals surface area contributed by atoms with Crippen LogP contribution in [0, 0.1) is 12.8 Å². The van der Waals surface area contributed by atoms with Crippen LogP contribution in [0.4, 0.5) is 5.69 Å². The summed E-state index contributed by atoms with van der Waals surface area (Å²) in [5.74, 6) is 0.238. The maximum Gasteiger partial charge on any atom is 0.278 e. The van der Waals surface area contributed by atoms with Gasteiger partial charge in [-0.3, -0.25) is 14.2 Å². The lowest BCUT2D eigenvalue weighted by Crippen LogP contribution is -2.26. The van der Waals surface area contributed by atoms with Crippen LogP contribution in [0.3, 0.4) is 0 Å². The zero-order valence-electron chi connectivity index (χ0n) is 15.4. The summed E-state index contributed by atoms with van der Waals surface area (Å²) in [4.78, 5) is 32.8. The molecule has 0 saturated carbocycles. The lowest BCUT2D eigenvalue weighted by atomic mass is 10.2. The molecule has 0 bridgehead atoms. The topological polar surface area (TPSA) is 79.8 Å². The van der Waals surface area contributed by atoms with Crippen molar-refractivity contribution in [1.82, 2.24) is 14.5 Å². The highest BCUT2D eigenvalue weighted by Crippen LogP contribution is 2.20. The quantitative estimate of drug-likeness (QED) is 0.479. The molecule has 0 aliphatic carbocycles. The van der Waals surface area contributed by atoms with Crippen LogP contribution in [-0.4, -0.2) is 26.2 Å². The lowest BCUT2D eigenvalue weighted by Gasteiger charge is -2.14. The van der Waals surface area contributed by atoms with Crippen molar-refractivity contribution in [3.05, 3.63) is 51.4 Å². The van der Waals surface area contributed by atoms with E-state index >= 15 is 0 Å². The van der Waals surface area contributed by atoms with E-state index in [0.717, 1.165) is 5.69 Å². The Morgan fingerprint density at radius 1 is 1.37 bits per heavy atom. The second-order valence-corrected chi connectivity index (χ2v) is 8.14. The van der Waals surface area contributed by atoms with Gasteiger partial charge in [-0.2, -0.15) is 0 Å². The Balaban J connectivity index is 1.82. The van der Waals surface area contributed by atoms with Gasteiger partial charge in [0.2, 0.25) is 5.91 Å². The average Bonchev–Trinajstić information content (AvgIpc) is 2.96. The van der Waals surface area contributed by atoms with E-state index in [1.54, 1.807) is 28.8 Å². The van der Waals surface area contributed by atoms with Crippen molar-refractivity contribution in [3.63, 3.8) is 0 Å². The highest BCUT2D eigenvalue weighted by Gasteiger charge is 2.15. The van der Waals surface area contributed by atoms with Gasteiger partial charge in [0.05, 0.1) is 11.3 Å². The first-order valence-corrected chi connectivity index (χ1v) is 9.98. The third-order valence-electron chi connectivity index (χ3n) is 3.83. The predicted octanol–water partition coefficient (Wildman–Crippen LogP) is 4.07. The number of fused-ring (bicyclic) bond motifs is 1. The number of aromatic nitrogens is 3. The van der Waals surface area contributed by atoms with E-state index in [9.17, 15) is 9.59 Å². The molecule has 0 aliphatic rings. The fourth-order valence-electron chi connectivity index (χ4n) is 2.74. The van der Waals surface area contributed by atoms with Gasteiger partial charge in [0.1, 0.15) is 5.52 Å². The second kappa shape index (κ2) is 8.19. The van der Waals surface area contributed by atoms with Gasteiger partial charge in [-0.25, -0.2) is 4.98 Å². The molecule has 8 heteroatoms. The normalized spacial score (nSPS) is 11.3. The molecule has 0 atom stereocenters. The van der Waals surface area contributed by atoms with Crippen molar-refractivity contribution < 1.29 is 4.79 Å². The average molecular weight is 405 g/mol. The van der Waals surface area contributed by atoms with E-state index in [2.05, 4.69) is 15.3 Å². The number of H-pyrrole nitrogens is 1. The number of nitrogens with zero attached hydrogens (tertiary/aromatic N) is 2. The van der Waals surface area contributed by atoms with Crippen molar-refractivity contribution in [2.24, 2.45) is 5.92 Å². The van der Waals surface area contributed by atoms with Crippen LogP contribution in [0.1, 0.15) is 19.5 Å². The molecule has 2 aromatic heterocycles. The summed E-state index contributed by atoms with van der Waals surface area (Å²) in [6.45, 7) is 6.50. The van der Waals surface area contributed by atoms with E-state index in [-0.39, 0.29) is 23.1 Å². The van der Waals surface area contributed by atoms with Crippen molar-refractivity contribution in [2.45, 2.75) is 32.5 Å². The van der Waals surface area contributed by atoms with Crippen molar-refractivity contribution >= 4 is 46.0 Å². The Kier molecular flexibility index (Phi) is 5.92. The molecule has 0 fully saturated rings. The summed E-state index contributed by atoms with van der Waals surface area (Å²) in [7, 11) is 0. The summed E-state index contributed by atoms with van der Waals surface area (Å²) in [5.41, 5.74) is 2.53. The van der Waals surface area contributed by atoms with Gasteiger partial charge in [-0.05, 0) is 37.1 Å². The molecule has 0 saturated heterocycles. The molecule has 27 heavy (non-hydrogen) atoms. The molecule has 6 nitrogen and oxygen atoms in total. The van der Waals surface area contributed by atoms with E-state index in [0.29, 0.717) is 33.4 Å². The number of carbonyl (C=O) groups excluding carboxylic acids is 1. The first-order valence-electron chi connectivity index (χ1n) is 8.62. The number of carbonyl (C=O) groups is 1. The number of benzene rings is 1. The molecule has 1 amide bonds. The molecule has 2 N–H and O–H groups in total. The fourth-order valence-corrected chi connectivity index (χ4v) is 3.74. The lowest BCUT2D eigenvalue weighted by molar-refractivity contribution is -0.113.